The Balaban J connectivity index is 2.51. The Hall–Kier alpha value is -1.76. The minimum absolute atomic E-state index is 0.0223. The van der Waals surface area contributed by atoms with Crippen LogP contribution in [0.3, 0.4) is 0 Å². The van der Waals surface area contributed by atoms with Gasteiger partial charge in [-0.2, -0.15) is 0 Å². The average molecular weight is 332 g/mol. The van der Waals surface area contributed by atoms with Gasteiger partial charge in [0.25, 0.3) is 0 Å². The number of carbonyl (C=O) groups excluding carboxylic acids is 1. The number of hydrogen-bond donors (Lipinski definition) is 0. The zero-order valence-corrected chi connectivity index (χ0v) is 11.3. The molecule has 0 fully saturated rings. The second-order valence-corrected chi connectivity index (χ2v) is 4.35. The van der Waals surface area contributed by atoms with Crippen molar-refractivity contribution >= 4 is 21.9 Å². The number of nitrogens with zero attached hydrogens (tertiary/aromatic N) is 1. The third-order valence-electron chi connectivity index (χ3n) is 2.29. The van der Waals surface area contributed by atoms with Crippen LogP contribution in [0.4, 0.5) is 8.78 Å². The first kappa shape index (κ1) is 13.7. The lowest BCUT2D eigenvalue weighted by molar-refractivity contribution is 0.0520. The van der Waals surface area contributed by atoms with Crippen molar-refractivity contribution in [2.75, 3.05) is 6.61 Å². The first-order valence-corrected chi connectivity index (χ1v) is 6.09. The van der Waals surface area contributed by atoms with E-state index in [9.17, 15) is 13.6 Å². The summed E-state index contributed by atoms with van der Waals surface area (Å²) in [5.74, 6) is -2.34. The first-order valence-electron chi connectivity index (χ1n) is 5.30. The summed E-state index contributed by atoms with van der Waals surface area (Å²) in [6.45, 7) is 1.76. The van der Waals surface area contributed by atoms with Gasteiger partial charge in [-0.25, -0.2) is 18.6 Å². The van der Waals surface area contributed by atoms with Gasteiger partial charge < -0.3 is 9.15 Å². The molecular formula is C12H8BrF2NO3. The summed E-state index contributed by atoms with van der Waals surface area (Å²) >= 11 is 2.86. The lowest BCUT2D eigenvalue weighted by Gasteiger charge is -2.04. The van der Waals surface area contributed by atoms with Crippen molar-refractivity contribution in [2.24, 2.45) is 0 Å². The number of ether oxygens (including phenoxy) is 1. The van der Waals surface area contributed by atoms with Crippen molar-refractivity contribution in [3.8, 4) is 11.3 Å². The number of oxazole rings is 1. The maximum absolute atomic E-state index is 13.8. The number of esters is 1. The monoisotopic (exact) mass is 331 g/mol. The Morgan fingerprint density at radius 1 is 1.42 bits per heavy atom. The van der Waals surface area contributed by atoms with Gasteiger partial charge in [0, 0.05) is 0 Å². The quantitative estimate of drug-likeness (QED) is 0.637. The van der Waals surface area contributed by atoms with E-state index >= 15 is 0 Å². The molecule has 0 aliphatic rings. The molecule has 2 rings (SSSR count). The van der Waals surface area contributed by atoms with E-state index in [1.165, 1.54) is 0 Å². The van der Waals surface area contributed by atoms with Crippen LogP contribution in [0.5, 0.6) is 0 Å². The lowest BCUT2D eigenvalue weighted by Crippen LogP contribution is -2.06. The van der Waals surface area contributed by atoms with E-state index in [1.807, 2.05) is 0 Å². The van der Waals surface area contributed by atoms with E-state index in [-0.39, 0.29) is 28.1 Å². The molecule has 0 atom stereocenters. The molecule has 1 aromatic heterocycles. The Bertz CT molecular complexity index is 627. The third kappa shape index (κ3) is 2.65. The Labute approximate surface area is 115 Å². The highest BCUT2D eigenvalue weighted by atomic mass is 79.9. The fraction of sp³-hybridized carbons (Fsp3) is 0.167. The van der Waals surface area contributed by atoms with Crippen molar-refractivity contribution in [1.29, 1.82) is 0 Å². The van der Waals surface area contributed by atoms with E-state index in [4.69, 9.17) is 9.15 Å². The molecule has 2 aromatic rings. The van der Waals surface area contributed by atoms with E-state index in [0.717, 1.165) is 18.5 Å². The number of halogens is 3. The van der Waals surface area contributed by atoms with Gasteiger partial charge in [0.2, 0.25) is 0 Å². The van der Waals surface area contributed by atoms with Gasteiger partial charge >= 0.3 is 5.97 Å². The molecule has 0 spiro atoms. The van der Waals surface area contributed by atoms with Crippen LogP contribution >= 0.6 is 15.9 Å². The molecule has 1 heterocycles. The fourth-order valence-corrected chi connectivity index (χ4v) is 1.79. The maximum atomic E-state index is 13.8. The van der Waals surface area contributed by atoms with Crippen molar-refractivity contribution < 1.29 is 22.7 Å². The van der Waals surface area contributed by atoms with E-state index < -0.39 is 17.6 Å². The number of benzene rings is 1. The largest absolute Gasteiger partial charge is 0.461 e. The van der Waals surface area contributed by atoms with E-state index in [0.29, 0.717) is 0 Å². The topological polar surface area (TPSA) is 52.3 Å². The minimum Gasteiger partial charge on any atom is -0.461 e. The van der Waals surface area contributed by atoms with Crippen molar-refractivity contribution in [1.82, 2.24) is 4.98 Å². The number of aromatic nitrogens is 1. The minimum atomic E-state index is -0.756. The van der Waals surface area contributed by atoms with E-state index in [1.54, 1.807) is 6.92 Å². The molecule has 0 amide bonds. The molecule has 0 saturated heterocycles. The van der Waals surface area contributed by atoms with Gasteiger partial charge in [-0.05, 0) is 35.0 Å². The van der Waals surface area contributed by atoms with Gasteiger partial charge in [0.1, 0.15) is 11.6 Å². The Morgan fingerprint density at radius 2 is 2.16 bits per heavy atom. The molecule has 0 aliphatic heterocycles. The molecule has 1 aromatic carbocycles. The molecule has 0 unspecified atom stereocenters. The zero-order valence-electron chi connectivity index (χ0n) is 9.75. The van der Waals surface area contributed by atoms with Crippen LogP contribution in [0.1, 0.15) is 17.4 Å². The van der Waals surface area contributed by atoms with Gasteiger partial charge in [-0.15, -0.1) is 0 Å². The number of rotatable bonds is 3. The van der Waals surface area contributed by atoms with Crippen LogP contribution in [0.15, 0.2) is 27.4 Å². The van der Waals surface area contributed by atoms with Crippen LogP contribution < -0.4 is 0 Å². The second kappa shape index (κ2) is 5.48. The second-order valence-electron chi connectivity index (χ2n) is 3.50. The molecule has 4 nitrogen and oxygen atoms in total. The zero-order chi connectivity index (χ0) is 14.0. The summed E-state index contributed by atoms with van der Waals surface area (Å²) in [5, 5.41) is 0. The van der Waals surface area contributed by atoms with Crippen LogP contribution in [0.2, 0.25) is 0 Å². The highest BCUT2D eigenvalue weighted by Gasteiger charge is 2.23. The van der Waals surface area contributed by atoms with E-state index in [2.05, 4.69) is 20.9 Å². The smallest absolute Gasteiger partial charge is 0.360 e. The normalized spacial score (nSPS) is 10.5. The molecule has 7 heteroatoms. The number of carbonyl (C=O) groups is 1. The molecular weight excluding hydrogens is 324 g/mol. The molecule has 0 N–H and O–H groups in total. The third-order valence-corrected chi connectivity index (χ3v) is 2.90. The summed E-state index contributed by atoms with van der Waals surface area (Å²) in [6, 6.07) is 1.87. The van der Waals surface area contributed by atoms with Crippen LogP contribution in [-0.2, 0) is 4.74 Å². The summed E-state index contributed by atoms with van der Waals surface area (Å²) in [7, 11) is 0. The average Bonchev–Trinajstić information content (AvgIpc) is 2.83. The Morgan fingerprint density at radius 3 is 2.84 bits per heavy atom. The van der Waals surface area contributed by atoms with Gasteiger partial charge in [-0.1, -0.05) is 0 Å². The van der Waals surface area contributed by atoms with Gasteiger partial charge in [-0.3, -0.25) is 0 Å². The first-order chi connectivity index (χ1) is 9.04. The van der Waals surface area contributed by atoms with Gasteiger partial charge in [0.05, 0.1) is 16.6 Å². The standard InChI is InChI=1S/C12H8BrF2NO3/c1-2-18-12(17)10-11(19-5-16-10)6-3-9(15)7(13)4-8(6)14/h3-5H,2H2,1H3. The summed E-state index contributed by atoms with van der Waals surface area (Å²) in [6.07, 6.45) is 0.973. The van der Waals surface area contributed by atoms with Crippen molar-refractivity contribution in [3.63, 3.8) is 0 Å². The molecule has 19 heavy (non-hydrogen) atoms. The molecule has 0 radical (unpaired) electrons. The SMILES string of the molecule is CCOC(=O)c1ncoc1-c1cc(F)c(Br)cc1F. The molecule has 0 bridgehead atoms. The molecule has 100 valence electrons. The summed E-state index contributed by atoms with van der Waals surface area (Å²) in [4.78, 5) is 15.3. The predicted molar refractivity (Wildman–Crippen MR) is 65.5 cm³/mol. The van der Waals surface area contributed by atoms with Crippen molar-refractivity contribution in [2.45, 2.75) is 6.92 Å². The molecule has 0 saturated carbocycles. The van der Waals surface area contributed by atoms with Crippen molar-refractivity contribution in [3.05, 3.63) is 40.3 Å². The molecule has 0 aliphatic carbocycles. The van der Waals surface area contributed by atoms with Crippen LogP contribution in [0.25, 0.3) is 11.3 Å². The summed E-state index contributed by atoms with van der Waals surface area (Å²) < 4.78 is 36.9. The highest BCUT2D eigenvalue weighted by molar-refractivity contribution is 9.10. The van der Waals surface area contributed by atoms with Crippen LogP contribution in [0, 0.1) is 11.6 Å². The van der Waals surface area contributed by atoms with Gasteiger partial charge in [0.15, 0.2) is 17.8 Å². The summed E-state index contributed by atoms with van der Waals surface area (Å²) in [5.41, 5.74) is -0.385. The highest BCUT2D eigenvalue weighted by Crippen LogP contribution is 2.30. The predicted octanol–water partition coefficient (Wildman–Crippen LogP) is 3.56. The van der Waals surface area contributed by atoms with Crippen LogP contribution in [-0.4, -0.2) is 17.6 Å². The number of hydrogen-bond acceptors (Lipinski definition) is 4. The Kier molecular flexibility index (Phi) is 3.94. The fourth-order valence-electron chi connectivity index (χ4n) is 1.48. The maximum Gasteiger partial charge on any atom is 0.360 e. The lowest BCUT2D eigenvalue weighted by atomic mass is 10.1.